The number of nitrogens with one attached hydrogen (secondary N) is 4. The zero-order valence-electron chi connectivity index (χ0n) is 15.4. The van der Waals surface area contributed by atoms with E-state index in [0.717, 1.165) is 56.8 Å². The lowest BCUT2D eigenvalue weighted by atomic mass is 10.2. The first-order valence-corrected chi connectivity index (χ1v) is 9.72. The van der Waals surface area contributed by atoms with Gasteiger partial charge in [0.1, 0.15) is 5.82 Å². The summed E-state index contributed by atoms with van der Waals surface area (Å²) in [5.41, 5.74) is 1.64. The molecule has 3 aliphatic rings. The summed E-state index contributed by atoms with van der Waals surface area (Å²) >= 11 is 0. The first-order chi connectivity index (χ1) is 13.3. The molecule has 144 valence electrons. The summed E-state index contributed by atoms with van der Waals surface area (Å²) in [7, 11) is 0. The lowest BCUT2D eigenvalue weighted by molar-refractivity contribution is -0.104. The number of anilines is 2. The topological polar surface area (TPSA) is 93.7 Å². The predicted octanol–water partition coefficient (Wildman–Crippen LogP) is 0.803. The van der Waals surface area contributed by atoms with E-state index in [9.17, 15) is 4.79 Å². The van der Waals surface area contributed by atoms with E-state index in [-0.39, 0.29) is 0 Å². The minimum atomic E-state index is -0.884. The number of carbonyl (C=O) groups is 1. The van der Waals surface area contributed by atoms with Gasteiger partial charge in [-0.1, -0.05) is 12.8 Å². The van der Waals surface area contributed by atoms with Crippen molar-refractivity contribution in [3.05, 3.63) is 30.1 Å². The third-order valence-corrected chi connectivity index (χ3v) is 5.30. The molecule has 0 bridgehead atoms. The average Bonchev–Trinajstić information content (AvgIpc) is 3.23. The van der Waals surface area contributed by atoms with Crippen molar-refractivity contribution in [3.8, 4) is 0 Å². The largest absolute Gasteiger partial charge is 0.368 e. The maximum atomic E-state index is 11.0. The molecule has 0 radical (unpaired) electrons. The van der Waals surface area contributed by atoms with Gasteiger partial charge in [0.05, 0.1) is 11.9 Å². The van der Waals surface area contributed by atoms with Crippen molar-refractivity contribution < 1.29 is 4.79 Å². The number of aromatic nitrogens is 1. The Balaban J connectivity index is 1.48. The summed E-state index contributed by atoms with van der Waals surface area (Å²) < 4.78 is 0. The van der Waals surface area contributed by atoms with Crippen molar-refractivity contribution in [2.24, 2.45) is 4.99 Å². The summed E-state index contributed by atoms with van der Waals surface area (Å²) in [6.07, 6.45) is 10.7. The standard InChI is InChI=1S/C19H27N7O/c27-14-15-11-22-19(23-12-15,24-16-3-1-2-4-16)25-18-6-5-17(13-21-18)26-9-7-20-8-10-26/h5-6,11-14,16,20,22,24H,1-4,7-10H2,(H,21,25). The number of pyridine rings is 1. The van der Waals surface area contributed by atoms with Crippen LogP contribution in [0.4, 0.5) is 11.5 Å². The fourth-order valence-corrected chi connectivity index (χ4v) is 3.80. The van der Waals surface area contributed by atoms with Crippen LogP contribution in [0.25, 0.3) is 0 Å². The number of aliphatic imine (C=N–C) groups is 1. The highest BCUT2D eigenvalue weighted by atomic mass is 16.1. The molecule has 4 rings (SSSR count). The van der Waals surface area contributed by atoms with E-state index in [1.807, 2.05) is 12.3 Å². The van der Waals surface area contributed by atoms with Gasteiger partial charge in [-0.15, -0.1) is 0 Å². The van der Waals surface area contributed by atoms with Gasteiger partial charge >= 0.3 is 0 Å². The monoisotopic (exact) mass is 369 g/mol. The second-order valence-corrected chi connectivity index (χ2v) is 7.26. The zero-order valence-corrected chi connectivity index (χ0v) is 15.4. The van der Waals surface area contributed by atoms with Crippen LogP contribution in [-0.2, 0) is 4.79 Å². The molecule has 2 aliphatic heterocycles. The first-order valence-electron chi connectivity index (χ1n) is 9.72. The molecule has 0 amide bonds. The molecule has 1 aromatic rings. The number of rotatable bonds is 6. The van der Waals surface area contributed by atoms with Crippen molar-refractivity contribution in [2.75, 3.05) is 36.4 Å². The lowest BCUT2D eigenvalue weighted by Crippen LogP contribution is -2.63. The molecular weight excluding hydrogens is 342 g/mol. The number of nitrogens with zero attached hydrogens (tertiary/aromatic N) is 3. The summed E-state index contributed by atoms with van der Waals surface area (Å²) in [6, 6.07) is 4.45. The SMILES string of the molecule is O=CC1=CNC(Nc2ccc(N3CCNCC3)cn2)(NC2CCCC2)N=C1. The summed E-state index contributed by atoms with van der Waals surface area (Å²) in [5, 5.41) is 13.5. The molecule has 1 atom stereocenters. The third kappa shape index (κ3) is 4.28. The molecule has 8 nitrogen and oxygen atoms in total. The van der Waals surface area contributed by atoms with Gasteiger partial charge in [0.15, 0.2) is 6.29 Å². The van der Waals surface area contributed by atoms with Crippen LogP contribution in [0, 0.1) is 0 Å². The Labute approximate surface area is 159 Å². The van der Waals surface area contributed by atoms with Crippen molar-refractivity contribution in [3.63, 3.8) is 0 Å². The molecule has 0 aromatic carbocycles. The summed E-state index contributed by atoms with van der Waals surface area (Å²) in [4.78, 5) is 22.5. The van der Waals surface area contributed by atoms with Gasteiger partial charge in [-0.2, -0.15) is 0 Å². The normalized spacial score (nSPS) is 25.8. The van der Waals surface area contributed by atoms with E-state index >= 15 is 0 Å². The Morgan fingerprint density at radius 2 is 2.04 bits per heavy atom. The fraction of sp³-hybridized carbons (Fsp3) is 0.526. The predicted molar refractivity (Wildman–Crippen MR) is 107 cm³/mol. The highest BCUT2D eigenvalue weighted by Gasteiger charge is 2.33. The van der Waals surface area contributed by atoms with E-state index in [0.29, 0.717) is 11.6 Å². The summed E-state index contributed by atoms with van der Waals surface area (Å²) in [5.74, 6) is -0.155. The molecule has 1 saturated heterocycles. The van der Waals surface area contributed by atoms with Crippen molar-refractivity contribution in [1.82, 2.24) is 20.9 Å². The van der Waals surface area contributed by atoms with E-state index in [2.05, 4.69) is 42.2 Å². The Morgan fingerprint density at radius 3 is 2.67 bits per heavy atom. The van der Waals surface area contributed by atoms with Crippen LogP contribution in [0.3, 0.4) is 0 Å². The van der Waals surface area contributed by atoms with Crippen LogP contribution in [-0.4, -0.2) is 55.6 Å². The minimum absolute atomic E-state index is 0.383. The van der Waals surface area contributed by atoms with E-state index < -0.39 is 5.91 Å². The lowest BCUT2D eigenvalue weighted by Gasteiger charge is -2.36. The smallest absolute Gasteiger partial charge is 0.267 e. The van der Waals surface area contributed by atoms with Crippen molar-refractivity contribution in [2.45, 2.75) is 37.6 Å². The molecule has 1 aliphatic carbocycles. The molecule has 1 unspecified atom stereocenters. The molecule has 8 heteroatoms. The van der Waals surface area contributed by atoms with Gasteiger partial charge in [-0.25, -0.2) is 9.98 Å². The number of allylic oxidation sites excluding steroid dienone is 1. The van der Waals surface area contributed by atoms with Crippen molar-refractivity contribution >= 4 is 24.0 Å². The van der Waals surface area contributed by atoms with Gasteiger partial charge in [0, 0.05) is 50.2 Å². The molecular formula is C19H27N7O. The Kier molecular flexibility index (Phi) is 5.35. The van der Waals surface area contributed by atoms with Gasteiger partial charge in [0.2, 0.25) is 0 Å². The second-order valence-electron chi connectivity index (χ2n) is 7.26. The van der Waals surface area contributed by atoms with Crippen LogP contribution in [0.15, 0.2) is 35.1 Å². The highest BCUT2D eigenvalue weighted by molar-refractivity contribution is 6.02. The van der Waals surface area contributed by atoms with Gasteiger partial charge in [-0.3, -0.25) is 10.1 Å². The molecule has 1 aromatic heterocycles. The minimum Gasteiger partial charge on any atom is -0.368 e. The van der Waals surface area contributed by atoms with Crippen LogP contribution < -0.4 is 26.2 Å². The Morgan fingerprint density at radius 1 is 1.22 bits per heavy atom. The third-order valence-electron chi connectivity index (χ3n) is 5.30. The Bertz CT molecular complexity index is 705. The maximum Gasteiger partial charge on any atom is 0.267 e. The number of piperazine rings is 1. The van der Waals surface area contributed by atoms with E-state index in [4.69, 9.17) is 0 Å². The summed E-state index contributed by atoms with van der Waals surface area (Å²) in [6.45, 7) is 3.98. The second kappa shape index (κ2) is 8.06. The van der Waals surface area contributed by atoms with Gasteiger partial charge in [-0.05, 0) is 25.0 Å². The van der Waals surface area contributed by atoms with E-state index in [1.54, 1.807) is 12.4 Å². The van der Waals surface area contributed by atoms with Gasteiger partial charge < -0.3 is 20.9 Å². The maximum absolute atomic E-state index is 11.0. The van der Waals surface area contributed by atoms with Gasteiger partial charge in [0.25, 0.3) is 5.91 Å². The number of hydrogen-bond acceptors (Lipinski definition) is 8. The molecule has 4 N–H and O–H groups in total. The number of hydrogen-bond donors (Lipinski definition) is 4. The molecule has 27 heavy (non-hydrogen) atoms. The highest BCUT2D eigenvalue weighted by Crippen LogP contribution is 2.23. The zero-order chi connectivity index (χ0) is 18.5. The van der Waals surface area contributed by atoms with Crippen LogP contribution in [0.5, 0.6) is 0 Å². The molecule has 1 saturated carbocycles. The van der Waals surface area contributed by atoms with E-state index in [1.165, 1.54) is 12.8 Å². The van der Waals surface area contributed by atoms with Crippen LogP contribution >= 0.6 is 0 Å². The quantitative estimate of drug-likeness (QED) is 0.435. The first kappa shape index (κ1) is 17.9. The molecule has 2 fully saturated rings. The number of aldehydes is 1. The molecule has 0 spiro atoms. The van der Waals surface area contributed by atoms with Crippen LogP contribution in [0.1, 0.15) is 25.7 Å². The number of carbonyl (C=O) groups excluding carboxylic acids is 1. The van der Waals surface area contributed by atoms with Crippen LogP contribution in [0.2, 0.25) is 0 Å². The van der Waals surface area contributed by atoms with Crippen molar-refractivity contribution in [1.29, 1.82) is 0 Å². The average molecular weight is 369 g/mol. The fourth-order valence-electron chi connectivity index (χ4n) is 3.80. The molecule has 3 heterocycles. The Hall–Kier alpha value is -2.45.